The molecule has 0 saturated carbocycles. The molecular formula is C20H18Cl2O8. The van der Waals surface area contributed by atoms with E-state index >= 15 is 0 Å². The van der Waals surface area contributed by atoms with Crippen molar-refractivity contribution in [3.05, 3.63) is 71.8 Å². The van der Waals surface area contributed by atoms with Crippen LogP contribution in [0.25, 0.3) is 0 Å². The Morgan fingerprint density at radius 2 is 1.37 bits per heavy atom. The summed E-state index contributed by atoms with van der Waals surface area (Å²) in [4.78, 5) is 36.6. The second-order valence-corrected chi connectivity index (χ2v) is 6.40. The molecule has 2 aromatic carbocycles. The van der Waals surface area contributed by atoms with Crippen LogP contribution in [0.5, 0.6) is 0 Å². The molecule has 0 saturated heterocycles. The monoisotopic (exact) mass is 456 g/mol. The Morgan fingerprint density at radius 1 is 0.867 bits per heavy atom. The Labute approximate surface area is 182 Å². The van der Waals surface area contributed by atoms with Crippen molar-refractivity contribution in [1.29, 1.82) is 0 Å². The number of aliphatic hydroxyl groups excluding tert-OH is 1. The minimum Gasteiger partial charge on any atom is -0.451 e. The fraction of sp³-hybridized carbons (Fsp3) is 0.250. The third-order valence-corrected chi connectivity index (χ3v) is 4.33. The van der Waals surface area contributed by atoms with Gasteiger partial charge in [0.2, 0.25) is 0 Å². The predicted octanol–water partition coefficient (Wildman–Crippen LogP) is 2.71. The highest BCUT2D eigenvalue weighted by Gasteiger charge is 2.41. The van der Waals surface area contributed by atoms with Crippen LogP contribution in [0.1, 0.15) is 20.7 Å². The molecule has 0 amide bonds. The minimum absolute atomic E-state index is 0.151. The Hall–Kier alpha value is -2.49. The molecule has 8 nitrogen and oxygen atoms in total. The number of benzene rings is 2. The lowest BCUT2D eigenvalue weighted by atomic mass is 10.0. The second-order valence-electron chi connectivity index (χ2n) is 6.00. The van der Waals surface area contributed by atoms with Crippen LogP contribution in [0.2, 0.25) is 0 Å². The summed E-state index contributed by atoms with van der Waals surface area (Å²) >= 11 is 10.6. The highest BCUT2D eigenvalue weighted by atomic mass is 35.5. The molecular weight excluding hydrogens is 439 g/mol. The SMILES string of the molecule is O=C[C@H](OC(=O)c1ccccc1)[C@@H](OC(=O)c1ccccc1)[C@@H](OCl)[C@H](O)COCl. The molecule has 0 fully saturated rings. The van der Waals surface area contributed by atoms with Gasteiger partial charge in [0.1, 0.15) is 12.2 Å². The summed E-state index contributed by atoms with van der Waals surface area (Å²) in [5.41, 5.74) is 0.309. The second kappa shape index (κ2) is 12.3. The standard InChI is InChI=1S/C20H18Cl2O8/c21-27-12-15(24)17(30-22)18(29-20(26)14-9-5-2-6-10-14)16(11-23)28-19(25)13-7-3-1-4-8-13/h1-11,15-18,24H,12H2/t15-,16+,17+,18-/m1/s1. The van der Waals surface area contributed by atoms with Gasteiger partial charge in [0.05, 0.1) is 41.5 Å². The van der Waals surface area contributed by atoms with Crippen molar-refractivity contribution >= 4 is 42.0 Å². The Kier molecular flexibility index (Phi) is 9.72. The molecule has 160 valence electrons. The van der Waals surface area contributed by atoms with E-state index < -0.39 is 43.0 Å². The Bertz CT molecular complexity index is 818. The number of rotatable bonds is 11. The highest BCUT2D eigenvalue weighted by molar-refractivity contribution is 6.07. The van der Waals surface area contributed by atoms with Crippen molar-refractivity contribution < 1.29 is 37.5 Å². The molecule has 0 heterocycles. The van der Waals surface area contributed by atoms with Gasteiger partial charge in [0.25, 0.3) is 0 Å². The molecule has 0 spiro atoms. The molecule has 0 unspecified atom stereocenters. The lowest BCUT2D eigenvalue weighted by Crippen LogP contribution is -2.50. The number of hydrogen-bond donors (Lipinski definition) is 1. The summed E-state index contributed by atoms with van der Waals surface area (Å²) in [6.45, 7) is -0.476. The van der Waals surface area contributed by atoms with Crippen molar-refractivity contribution in [3.8, 4) is 0 Å². The average molecular weight is 457 g/mol. The number of hydrogen-bond acceptors (Lipinski definition) is 8. The zero-order valence-electron chi connectivity index (χ0n) is 15.4. The Balaban J connectivity index is 2.30. The van der Waals surface area contributed by atoms with Crippen LogP contribution in [0.3, 0.4) is 0 Å². The van der Waals surface area contributed by atoms with Gasteiger partial charge in [-0.25, -0.2) is 9.59 Å². The van der Waals surface area contributed by atoms with Crippen LogP contribution >= 0.6 is 23.7 Å². The molecule has 2 aromatic rings. The molecule has 1 N–H and O–H groups in total. The minimum atomic E-state index is -1.65. The van der Waals surface area contributed by atoms with Gasteiger partial charge in [-0.15, -0.1) is 0 Å². The van der Waals surface area contributed by atoms with E-state index in [4.69, 9.17) is 33.2 Å². The van der Waals surface area contributed by atoms with E-state index in [1.165, 1.54) is 24.3 Å². The zero-order valence-corrected chi connectivity index (χ0v) is 16.9. The van der Waals surface area contributed by atoms with Crippen molar-refractivity contribution in [3.63, 3.8) is 0 Å². The van der Waals surface area contributed by atoms with Crippen LogP contribution in [0.15, 0.2) is 60.7 Å². The first-order chi connectivity index (χ1) is 14.5. The van der Waals surface area contributed by atoms with Crippen LogP contribution in [-0.2, 0) is 22.8 Å². The third kappa shape index (κ3) is 6.51. The highest BCUT2D eigenvalue weighted by Crippen LogP contribution is 2.20. The number of ether oxygens (including phenoxy) is 2. The van der Waals surface area contributed by atoms with Gasteiger partial charge in [0, 0.05) is 0 Å². The topological polar surface area (TPSA) is 108 Å². The maximum Gasteiger partial charge on any atom is 0.338 e. The van der Waals surface area contributed by atoms with Gasteiger partial charge in [0.15, 0.2) is 18.5 Å². The summed E-state index contributed by atoms with van der Waals surface area (Å²) < 4.78 is 19.5. The number of aliphatic hydroxyl groups is 1. The fourth-order valence-corrected chi connectivity index (χ4v) is 2.86. The molecule has 30 heavy (non-hydrogen) atoms. The molecule has 0 aromatic heterocycles. The van der Waals surface area contributed by atoms with Crippen LogP contribution in [0, 0.1) is 0 Å². The first-order valence-corrected chi connectivity index (χ1v) is 9.29. The van der Waals surface area contributed by atoms with Gasteiger partial charge in [-0.05, 0) is 24.3 Å². The molecule has 4 atom stereocenters. The number of carbonyl (C=O) groups excluding carboxylic acids is 3. The van der Waals surface area contributed by atoms with Crippen LogP contribution < -0.4 is 0 Å². The van der Waals surface area contributed by atoms with E-state index in [0.29, 0.717) is 0 Å². The molecule has 2 rings (SSSR count). The van der Waals surface area contributed by atoms with E-state index in [1.54, 1.807) is 36.4 Å². The predicted molar refractivity (Wildman–Crippen MR) is 106 cm³/mol. The molecule has 0 aliphatic heterocycles. The molecule has 0 bridgehead atoms. The number of aldehydes is 1. The molecule has 0 radical (unpaired) electrons. The van der Waals surface area contributed by atoms with Crippen LogP contribution in [-0.4, -0.2) is 54.4 Å². The summed E-state index contributed by atoms with van der Waals surface area (Å²) in [7, 11) is 0. The van der Waals surface area contributed by atoms with Gasteiger partial charge in [-0.1, -0.05) is 36.4 Å². The molecule has 0 aliphatic rings. The lowest BCUT2D eigenvalue weighted by molar-refractivity contribution is -0.134. The number of esters is 2. The third-order valence-electron chi connectivity index (χ3n) is 4.00. The van der Waals surface area contributed by atoms with E-state index in [9.17, 15) is 19.5 Å². The maximum atomic E-state index is 12.5. The summed E-state index contributed by atoms with van der Waals surface area (Å²) in [5.74, 6) is -1.72. The first-order valence-electron chi connectivity index (χ1n) is 8.68. The van der Waals surface area contributed by atoms with Gasteiger partial charge < -0.3 is 14.6 Å². The van der Waals surface area contributed by atoms with Crippen molar-refractivity contribution in [2.75, 3.05) is 6.61 Å². The van der Waals surface area contributed by atoms with Gasteiger partial charge in [-0.2, -0.15) is 0 Å². The van der Waals surface area contributed by atoms with E-state index in [0.717, 1.165) is 0 Å². The quantitative estimate of drug-likeness (QED) is 0.406. The van der Waals surface area contributed by atoms with E-state index in [1.807, 2.05) is 0 Å². The van der Waals surface area contributed by atoms with Gasteiger partial charge in [-0.3, -0.25) is 13.4 Å². The Morgan fingerprint density at radius 3 is 1.80 bits per heavy atom. The van der Waals surface area contributed by atoms with Crippen molar-refractivity contribution in [2.24, 2.45) is 0 Å². The summed E-state index contributed by atoms with van der Waals surface area (Å²) in [5, 5.41) is 10.2. The van der Waals surface area contributed by atoms with E-state index in [-0.39, 0.29) is 17.4 Å². The van der Waals surface area contributed by atoms with Crippen molar-refractivity contribution in [2.45, 2.75) is 24.4 Å². The average Bonchev–Trinajstić information content (AvgIpc) is 2.78. The van der Waals surface area contributed by atoms with Crippen molar-refractivity contribution in [1.82, 2.24) is 0 Å². The van der Waals surface area contributed by atoms with Gasteiger partial charge >= 0.3 is 11.9 Å². The summed E-state index contributed by atoms with van der Waals surface area (Å²) in [6.07, 6.45) is -6.06. The summed E-state index contributed by atoms with van der Waals surface area (Å²) in [6, 6.07) is 15.7. The fourth-order valence-electron chi connectivity index (χ4n) is 2.51. The van der Waals surface area contributed by atoms with E-state index in [2.05, 4.69) is 8.58 Å². The molecule has 0 aliphatic carbocycles. The zero-order chi connectivity index (χ0) is 21.9. The smallest absolute Gasteiger partial charge is 0.338 e. The molecule has 10 heteroatoms. The normalized spacial score (nSPS) is 14.8. The number of carbonyl (C=O) groups is 3. The lowest BCUT2D eigenvalue weighted by Gasteiger charge is -2.30. The van der Waals surface area contributed by atoms with Crippen LogP contribution in [0.4, 0.5) is 0 Å². The number of halogens is 2. The first kappa shape index (κ1) is 23.8. The largest absolute Gasteiger partial charge is 0.451 e. The maximum absolute atomic E-state index is 12.5.